The van der Waals surface area contributed by atoms with E-state index in [0.717, 1.165) is 21.7 Å². The fourth-order valence-corrected chi connectivity index (χ4v) is 2.69. The van der Waals surface area contributed by atoms with E-state index in [1.165, 1.54) is 0 Å². The van der Waals surface area contributed by atoms with Gasteiger partial charge >= 0.3 is 0 Å². The summed E-state index contributed by atoms with van der Waals surface area (Å²) < 4.78 is 6.14. The molecule has 0 aliphatic rings. The second-order valence-corrected chi connectivity index (χ2v) is 5.92. The zero-order chi connectivity index (χ0) is 13.5. The summed E-state index contributed by atoms with van der Waals surface area (Å²) in [6.07, 6.45) is 1.67. The number of furan rings is 1. The molecule has 0 saturated carbocycles. The SMILES string of the molecule is O=C(NCCSCc1ccco1)c1cccc(Br)c1. The van der Waals surface area contributed by atoms with Crippen LogP contribution in [-0.4, -0.2) is 18.2 Å². The maximum atomic E-state index is 11.8. The number of thioether (sulfide) groups is 1. The smallest absolute Gasteiger partial charge is 0.251 e. The monoisotopic (exact) mass is 339 g/mol. The van der Waals surface area contributed by atoms with Gasteiger partial charge in [0.2, 0.25) is 0 Å². The van der Waals surface area contributed by atoms with E-state index in [9.17, 15) is 4.79 Å². The highest BCUT2D eigenvalue weighted by Gasteiger charge is 2.04. The van der Waals surface area contributed by atoms with Gasteiger partial charge in [-0.2, -0.15) is 11.8 Å². The zero-order valence-electron chi connectivity index (χ0n) is 10.3. The molecule has 0 bridgehead atoms. The number of carbonyl (C=O) groups is 1. The Morgan fingerprint density at radius 3 is 2.95 bits per heavy atom. The number of carbonyl (C=O) groups excluding carboxylic acids is 1. The molecule has 1 heterocycles. The fraction of sp³-hybridized carbons (Fsp3) is 0.214. The number of nitrogens with one attached hydrogen (secondary N) is 1. The van der Waals surface area contributed by atoms with Crippen molar-refractivity contribution in [2.24, 2.45) is 0 Å². The van der Waals surface area contributed by atoms with Crippen molar-refractivity contribution < 1.29 is 9.21 Å². The summed E-state index contributed by atoms with van der Waals surface area (Å²) >= 11 is 5.08. The normalized spacial score (nSPS) is 10.4. The molecule has 0 unspecified atom stereocenters. The maximum absolute atomic E-state index is 11.8. The molecule has 0 saturated heterocycles. The predicted molar refractivity (Wildman–Crippen MR) is 81.3 cm³/mol. The van der Waals surface area contributed by atoms with Crippen molar-refractivity contribution in [3.8, 4) is 0 Å². The zero-order valence-corrected chi connectivity index (χ0v) is 12.7. The molecule has 1 amide bonds. The van der Waals surface area contributed by atoms with Crippen LogP contribution >= 0.6 is 27.7 Å². The highest BCUT2D eigenvalue weighted by Crippen LogP contribution is 2.13. The van der Waals surface area contributed by atoms with Crippen LogP contribution < -0.4 is 5.32 Å². The largest absolute Gasteiger partial charge is 0.468 e. The van der Waals surface area contributed by atoms with Gasteiger partial charge in [0.05, 0.1) is 12.0 Å². The Balaban J connectivity index is 1.67. The van der Waals surface area contributed by atoms with Gasteiger partial charge < -0.3 is 9.73 Å². The molecule has 2 rings (SSSR count). The number of rotatable bonds is 6. The number of halogens is 1. The lowest BCUT2D eigenvalue weighted by Gasteiger charge is -2.05. The van der Waals surface area contributed by atoms with Crippen molar-refractivity contribution in [2.75, 3.05) is 12.3 Å². The number of hydrogen-bond donors (Lipinski definition) is 1. The van der Waals surface area contributed by atoms with Gasteiger partial charge in [-0.1, -0.05) is 22.0 Å². The quantitative estimate of drug-likeness (QED) is 0.816. The van der Waals surface area contributed by atoms with E-state index in [0.29, 0.717) is 12.1 Å². The van der Waals surface area contributed by atoms with Crippen LogP contribution in [0.2, 0.25) is 0 Å². The minimum atomic E-state index is -0.0418. The first-order chi connectivity index (χ1) is 9.25. The van der Waals surface area contributed by atoms with Crippen molar-refractivity contribution in [1.29, 1.82) is 0 Å². The Labute approximate surface area is 124 Å². The molecule has 0 spiro atoms. The summed E-state index contributed by atoms with van der Waals surface area (Å²) in [5, 5.41) is 2.90. The average molecular weight is 340 g/mol. The molecule has 0 aliphatic heterocycles. The van der Waals surface area contributed by atoms with Gasteiger partial charge in [-0.05, 0) is 30.3 Å². The highest BCUT2D eigenvalue weighted by molar-refractivity contribution is 9.10. The first kappa shape index (κ1) is 14.2. The molecule has 0 fully saturated rings. The van der Waals surface area contributed by atoms with Gasteiger partial charge in [0.15, 0.2) is 0 Å². The van der Waals surface area contributed by atoms with Crippen molar-refractivity contribution in [3.05, 3.63) is 58.5 Å². The first-order valence-corrected chi connectivity index (χ1v) is 7.84. The van der Waals surface area contributed by atoms with Gasteiger partial charge in [-0.15, -0.1) is 0 Å². The van der Waals surface area contributed by atoms with E-state index in [1.54, 1.807) is 24.1 Å². The van der Waals surface area contributed by atoms with Crippen LogP contribution in [0.3, 0.4) is 0 Å². The van der Waals surface area contributed by atoms with E-state index in [4.69, 9.17) is 4.42 Å². The van der Waals surface area contributed by atoms with Crippen molar-refractivity contribution >= 4 is 33.6 Å². The molecule has 1 N–H and O–H groups in total. The molecule has 100 valence electrons. The molecule has 1 aromatic heterocycles. The molecule has 0 aliphatic carbocycles. The van der Waals surface area contributed by atoms with E-state index >= 15 is 0 Å². The summed E-state index contributed by atoms with van der Waals surface area (Å²) in [7, 11) is 0. The Morgan fingerprint density at radius 2 is 2.21 bits per heavy atom. The molecule has 1 aromatic carbocycles. The van der Waals surface area contributed by atoms with Crippen molar-refractivity contribution in [2.45, 2.75) is 5.75 Å². The minimum Gasteiger partial charge on any atom is -0.468 e. The molecular formula is C14H14BrNO2S. The Hall–Kier alpha value is -1.20. The van der Waals surface area contributed by atoms with Crippen molar-refractivity contribution in [1.82, 2.24) is 5.32 Å². The molecule has 19 heavy (non-hydrogen) atoms. The first-order valence-electron chi connectivity index (χ1n) is 5.89. The van der Waals surface area contributed by atoms with E-state index in [-0.39, 0.29) is 5.91 Å². The third-order valence-corrected chi connectivity index (χ3v) is 3.92. The lowest BCUT2D eigenvalue weighted by molar-refractivity contribution is 0.0956. The van der Waals surface area contributed by atoms with Gasteiger partial charge in [-0.25, -0.2) is 0 Å². The number of amides is 1. The second-order valence-electron chi connectivity index (χ2n) is 3.90. The Bertz CT molecular complexity index is 528. The topological polar surface area (TPSA) is 42.2 Å². The molecule has 0 atom stereocenters. The van der Waals surface area contributed by atoms with E-state index < -0.39 is 0 Å². The van der Waals surface area contributed by atoms with Gasteiger partial charge in [0.25, 0.3) is 5.91 Å². The molecule has 3 nitrogen and oxygen atoms in total. The van der Waals surface area contributed by atoms with Gasteiger partial charge in [0, 0.05) is 22.3 Å². The third kappa shape index (κ3) is 4.76. The lowest BCUT2D eigenvalue weighted by Crippen LogP contribution is -2.25. The van der Waals surface area contributed by atoms with Crippen LogP contribution in [0.15, 0.2) is 51.6 Å². The van der Waals surface area contributed by atoms with Crippen LogP contribution in [0.1, 0.15) is 16.1 Å². The highest BCUT2D eigenvalue weighted by atomic mass is 79.9. The summed E-state index contributed by atoms with van der Waals surface area (Å²) in [5.74, 6) is 2.61. The molecule has 0 radical (unpaired) electrons. The Morgan fingerprint density at radius 1 is 1.32 bits per heavy atom. The van der Waals surface area contributed by atoms with Gasteiger partial charge in [-0.3, -0.25) is 4.79 Å². The average Bonchev–Trinajstić information content (AvgIpc) is 2.91. The van der Waals surface area contributed by atoms with Crippen LogP contribution in [-0.2, 0) is 5.75 Å². The number of hydrogen-bond acceptors (Lipinski definition) is 3. The molecular weight excluding hydrogens is 326 g/mol. The van der Waals surface area contributed by atoms with Gasteiger partial charge in [0.1, 0.15) is 5.76 Å². The van der Waals surface area contributed by atoms with Crippen LogP contribution in [0, 0.1) is 0 Å². The van der Waals surface area contributed by atoms with E-state index in [1.807, 2.05) is 30.3 Å². The fourth-order valence-electron chi connectivity index (χ4n) is 1.54. The second kappa shape index (κ2) is 7.40. The predicted octanol–water partition coefficient (Wildman–Crippen LogP) is 3.71. The maximum Gasteiger partial charge on any atom is 0.251 e. The molecule has 5 heteroatoms. The summed E-state index contributed by atoms with van der Waals surface area (Å²) in [6.45, 7) is 0.650. The van der Waals surface area contributed by atoms with Crippen molar-refractivity contribution in [3.63, 3.8) is 0 Å². The van der Waals surface area contributed by atoms with Crippen LogP contribution in [0.5, 0.6) is 0 Å². The molecule has 2 aromatic rings. The van der Waals surface area contributed by atoms with Crippen LogP contribution in [0.4, 0.5) is 0 Å². The number of benzene rings is 1. The minimum absolute atomic E-state index is 0.0418. The van der Waals surface area contributed by atoms with E-state index in [2.05, 4.69) is 21.2 Å². The van der Waals surface area contributed by atoms with Crippen LogP contribution in [0.25, 0.3) is 0 Å². The summed E-state index contributed by atoms with van der Waals surface area (Å²) in [5.41, 5.74) is 0.672. The lowest BCUT2D eigenvalue weighted by atomic mass is 10.2. The summed E-state index contributed by atoms with van der Waals surface area (Å²) in [6, 6.07) is 11.2. The summed E-state index contributed by atoms with van der Waals surface area (Å²) in [4.78, 5) is 11.8. The third-order valence-electron chi connectivity index (χ3n) is 2.44. The standard InChI is InChI=1S/C14H14BrNO2S/c15-12-4-1-3-11(9-12)14(17)16-6-8-19-10-13-5-2-7-18-13/h1-5,7,9H,6,8,10H2,(H,16,17). The Kier molecular flexibility index (Phi) is 5.54.